The number of furan rings is 1. The quantitative estimate of drug-likeness (QED) is 0.874. The van der Waals surface area contributed by atoms with Gasteiger partial charge in [0.2, 0.25) is 5.91 Å². The van der Waals surface area contributed by atoms with Crippen LogP contribution in [0.2, 0.25) is 0 Å². The summed E-state index contributed by atoms with van der Waals surface area (Å²) in [7, 11) is 1.60. The lowest BCUT2D eigenvalue weighted by atomic mass is 10.1. The van der Waals surface area contributed by atoms with Gasteiger partial charge in [0.1, 0.15) is 5.76 Å². The predicted molar refractivity (Wildman–Crippen MR) is 91.7 cm³/mol. The van der Waals surface area contributed by atoms with Gasteiger partial charge in [-0.15, -0.1) is 0 Å². The average Bonchev–Trinajstić information content (AvgIpc) is 3.34. The van der Waals surface area contributed by atoms with Crippen LogP contribution in [0.3, 0.4) is 0 Å². The summed E-state index contributed by atoms with van der Waals surface area (Å²) in [6, 6.07) is 11.0. The molecule has 0 radical (unpaired) electrons. The fourth-order valence-corrected chi connectivity index (χ4v) is 2.92. The van der Waals surface area contributed by atoms with E-state index in [2.05, 4.69) is 5.32 Å². The standard InChI is InChI=1S/C19H22N2O4/c1-20-18(22)15-6-4-14(5-7-15)11-21(12-17-3-2-9-25-17)19(23)16-8-10-24-13-16/h2-7,9,16H,8,10-13H2,1H3,(H,20,22)/t16-/m1/s1. The lowest BCUT2D eigenvalue weighted by molar-refractivity contribution is -0.137. The van der Waals surface area contributed by atoms with Gasteiger partial charge >= 0.3 is 0 Å². The minimum Gasteiger partial charge on any atom is -0.467 e. The van der Waals surface area contributed by atoms with Crippen molar-refractivity contribution in [2.45, 2.75) is 19.5 Å². The van der Waals surface area contributed by atoms with Crippen LogP contribution in [0.15, 0.2) is 47.1 Å². The van der Waals surface area contributed by atoms with E-state index in [9.17, 15) is 9.59 Å². The Balaban J connectivity index is 1.74. The third-order valence-electron chi connectivity index (χ3n) is 4.33. The summed E-state index contributed by atoms with van der Waals surface area (Å²) >= 11 is 0. The maximum atomic E-state index is 12.8. The van der Waals surface area contributed by atoms with Crippen molar-refractivity contribution < 1.29 is 18.7 Å². The van der Waals surface area contributed by atoms with Crippen LogP contribution < -0.4 is 5.32 Å². The molecule has 1 aromatic carbocycles. The largest absolute Gasteiger partial charge is 0.467 e. The van der Waals surface area contributed by atoms with Crippen LogP contribution in [-0.4, -0.2) is 37.0 Å². The summed E-state index contributed by atoms with van der Waals surface area (Å²) in [5, 5.41) is 2.60. The molecular weight excluding hydrogens is 320 g/mol. The second-order valence-corrected chi connectivity index (χ2v) is 6.11. The molecule has 0 saturated carbocycles. The highest BCUT2D eigenvalue weighted by molar-refractivity contribution is 5.93. The van der Waals surface area contributed by atoms with E-state index in [4.69, 9.17) is 9.15 Å². The van der Waals surface area contributed by atoms with Gasteiger partial charge in [0, 0.05) is 25.8 Å². The summed E-state index contributed by atoms with van der Waals surface area (Å²) in [6.45, 7) is 1.98. The third kappa shape index (κ3) is 4.28. The number of nitrogens with one attached hydrogen (secondary N) is 1. The van der Waals surface area contributed by atoms with E-state index in [-0.39, 0.29) is 17.7 Å². The van der Waals surface area contributed by atoms with E-state index in [1.807, 2.05) is 24.3 Å². The molecule has 1 saturated heterocycles. The molecule has 1 atom stereocenters. The van der Waals surface area contributed by atoms with Gasteiger partial charge in [0.05, 0.1) is 25.3 Å². The van der Waals surface area contributed by atoms with Gasteiger partial charge in [-0.05, 0) is 36.2 Å². The van der Waals surface area contributed by atoms with Crippen LogP contribution >= 0.6 is 0 Å². The van der Waals surface area contributed by atoms with Crippen LogP contribution in [0, 0.1) is 5.92 Å². The zero-order valence-corrected chi connectivity index (χ0v) is 14.2. The number of carbonyl (C=O) groups excluding carboxylic acids is 2. The average molecular weight is 342 g/mol. The Morgan fingerprint density at radius 1 is 1.20 bits per heavy atom. The molecule has 0 unspecified atom stereocenters. The van der Waals surface area contributed by atoms with Gasteiger partial charge in [0.25, 0.3) is 5.91 Å². The zero-order chi connectivity index (χ0) is 17.6. The third-order valence-corrected chi connectivity index (χ3v) is 4.33. The molecule has 3 rings (SSSR count). The van der Waals surface area contributed by atoms with E-state index in [0.29, 0.717) is 31.9 Å². The molecule has 1 fully saturated rings. The van der Waals surface area contributed by atoms with Gasteiger partial charge in [-0.3, -0.25) is 9.59 Å². The van der Waals surface area contributed by atoms with Crippen molar-refractivity contribution in [2.75, 3.05) is 20.3 Å². The minimum atomic E-state index is -0.127. The highest BCUT2D eigenvalue weighted by atomic mass is 16.5. The molecule has 0 spiro atoms. The fourth-order valence-electron chi connectivity index (χ4n) is 2.92. The van der Waals surface area contributed by atoms with E-state index < -0.39 is 0 Å². The number of benzene rings is 1. The minimum absolute atomic E-state index is 0.0734. The summed E-state index contributed by atoms with van der Waals surface area (Å²) < 4.78 is 10.8. The first-order valence-electron chi connectivity index (χ1n) is 8.37. The first-order valence-corrected chi connectivity index (χ1v) is 8.37. The van der Waals surface area contributed by atoms with Gasteiger partial charge in [-0.1, -0.05) is 12.1 Å². The topological polar surface area (TPSA) is 71.8 Å². The van der Waals surface area contributed by atoms with E-state index in [0.717, 1.165) is 17.7 Å². The molecule has 6 nitrogen and oxygen atoms in total. The molecule has 0 aliphatic carbocycles. The van der Waals surface area contributed by atoms with Crippen molar-refractivity contribution in [2.24, 2.45) is 5.92 Å². The molecule has 1 N–H and O–H groups in total. The van der Waals surface area contributed by atoms with E-state index in [1.165, 1.54) is 0 Å². The molecule has 2 heterocycles. The Morgan fingerprint density at radius 3 is 2.60 bits per heavy atom. The first-order chi connectivity index (χ1) is 12.2. The van der Waals surface area contributed by atoms with Crippen molar-refractivity contribution in [3.05, 3.63) is 59.5 Å². The number of ether oxygens (including phenoxy) is 1. The van der Waals surface area contributed by atoms with Crippen molar-refractivity contribution >= 4 is 11.8 Å². The van der Waals surface area contributed by atoms with Crippen LogP contribution in [0.25, 0.3) is 0 Å². The van der Waals surface area contributed by atoms with Crippen LogP contribution in [0.1, 0.15) is 28.1 Å². The highest BCUT2D eigenvalue weighted by Gasteiger charge is 2.28. The van der Waals surface area contributed by atoms with Gasteiger partial charge in [0.15, 0.2) is 0 Å². The number of carbonyl (C=O) groups is 2. The summed E-state index contributed by atoms with van der Waals surface area (Å²) in [6.07, 6.45) is 2.36. The van der Waals surface area contributed by atoms with Crippen LogP contribution in [-0.2, 0) is 22.6 Å². The lowest BCUT2D eigenvalue weighted by Gasteiger charge is -2.24. The first kappa shape index (κ1) is 17.2. The molecule has 0 bridgehead atoms. The Morgan fingerprint density at radius 2 is 2.00 bits per heavy atom. The second-order valence-electron chi connectivity index (χ2n) is 6.11. The van der Waals surface area contributed by atoms with Crippen molar-refractivity contribution in [1.29, 1.82) is 0 Å². The maximum absolute atomic E-state index is 12.8. The molecule has 2 aromatic rings. The number of hydrogen-bond donors (Lipinski definition) is 1. The molecule has 132 valence electrons. The number of nitrogens with zero attached hydrogens (tertiary/aromatic N) is 1. The Bertz CT molecular complexity index is 704. The zero-order valence-electron chi connectivity index (χ0n) is 14.2. The monoisotopic (exact) mass is 342 g/mol. The molecule has 1 aliphatic heterocycles. The fraction of sp³-hybridized carbons (Fsp3) is 0.368. The molecule has 25 heavy (non-hydrogen) atoms. The van der Waals surface area contributed by atoms with Gasteiger partial charge < -0.3 is 19.4 Å². The maximum Gasteiger partial charge on any atom is 0.251 e. The Hall–Kier alpha value is -2.60. The number of rotatable bonds is 6. The highest BCUT2D eigenvalue weighted by Crippen LogP contribution is 2.20. The summed E-state index contributed by atoms with van der Waals surface area (Å²) in [4.78, 5) is 26.3. The van der Waals surface area contributed by atoms with E-state index >= 15 is 0 Å². The smallest absolute Gasteiger partial charge is 0.251 e. The lowest BCUT2D eigenvalue weighted by Crippen LogP contribution is -2.35. The SMILES string of the molecule is CNC(=O)c1ccc(CN(Cc2ccco2)C(=O)[C@@H]2CCOC2)cc1. The summed E-state index contributed by atoms with van der Waals surface area (Å²) in [5.41, 5.74) is 1.56. The van der Waals surface area contributed by atoms with E-state index in [1.54, 1.807) is 30.3 Å². The van der Waals surface area contributed by atoms with Crippen molar-refractivity contribution in [1.82, 2.24) is 10.2 Å². The second kappa shape index (κ2) is 7.98. The van der Waals surface area contributed by atoms with Crippen LogP contribution in [0.4, 0.5) is 0 Å². The molecule has 1 aliphatic rings. The van der Waals surface area contributed by atoms with Crippen molar-refractivity contribution in [3.63, 3.8) is 0 Å². The van der Waals surface area contributed by atoms with Crippen LogP contribution in [0.5, 0.6) is 0 Å². The Kier molecular flexibility index (Phi) is 5.50. The molecule has 1 aromatic heterocycles. The molecular formula is C19H22N2O4. The summed E-state index contributed by atoms with van der Waals surface area (Å²) in [5.74, 6) is 0.594. The number of hydrogen-bond acceptors (Lipinski definition) is 4. The molecule has 6 heteroatoms. The van der Waals surface area contributed by atoms with Crippen molar-refractivity contribution in [3.8, 4) is 0 Å². The Labute approximate surface area is 146 Å². The molecule has 2 amide bonds. The normalized spacial score (nSPS) is 16.6. The number of amides is 2. The van der Waals surface area contributed by atoms with Gasteiger partial charge in [-0.25, -0.2) is 0 Å². The van der Waals surface area contributed by atoms with Gasteiger partial charge in [-0.2, -0.15) is 0 Å². The predicted octanol–water partition coefficient (Wildman–Crippen LogP) is 2.20.